The number of nitro groups is 1. The SMILES string of the molecule is Cc1ccc2cc(C#N)c(N3CCCN(S(=O)(=O)c4ccc([N+](=O)[O-])cc4)CC3)nc2c1C. The van der Waals surface area contributed by atoms with Gasteiger partial charge in [0.15, 0.2) is 0 Å². The number of hydrogen-bond donors (Lipinski definition) is 0. The highest BCUT2D eigenvalue weighted by Gasteiger charge is 2.28. The number of non-ortho nitro benzene ring substituents is 1. The first-order valence-corrected chi connectivity index (χ1v) is 12.0. The van der Waals surface area contributed by atoms with Crippen molar-refractivity contribution in [2.75, 3.05) is 31.1 Å². The highest BCUT2D eigenvalue weighted by atomic mass is 32.2. The largest absolute Gasteiger partial charge is 0.354 e. The molecule has 4 rings (SSSR count). The van der Waals surface area contributed by atoms with E-state index in [1.54, 1.807) is 0 Å². The summed E-state index contributed by atoms with van der Waals surface area (Å²) in [5.41, 5.74) is 3.30. The van der Waals surface area contributed by atoms with E-state index in [1.165, 1.54) is 28.6 Å². The number of benzene rings is 2. The highest BCUT2D eigenvalue weighted by molar-refractivity contribution is 7.89. The molecule has 33 heavy (non-hydrogen) atoms. The Balaban J connectivity index is 1.62. The summed E-state index contributed by atoms with van der Waals surface area (Å²) < 4.78 is 27.6. The minimum absolute atomic E-state index is 0.0224. The maximum atomic E-state index is 13.1. The van der Waals surface area contributed by atoms with E-state index in [2.05, 4.69) is 6.07 Å². The van der Waals surface area contributed by atoms with E-state index < -0.39 is 14.9 Å². The monoisotopic (exact) mass is 465 g/mol. The molecule has 2 aromatic carbocycles. The summed E-state index contributed by atoms with van der Waals surface area (Å²) in [5.74, 6) is 0.563. The van der Waals surface area contributed by atoms with Crippen molar-refractivity contribution >= 4 is 32.4 Å². The summed E-state index contributed by atoms with van der Waals surface area (Å²) >= 11 is 0. The number of aryl methyl sites for hydroxylation is 2. The standard InChI is InChI=1S/C23H23N5O4S/c1-16-4-5-18-14-19(15-24)23(25-22(18)17(16)2)26-10-3-11-27(13-12-26)33(31,32)21-8-6-20(7-9-21)28(29)30/h4-9,14H,3,10-13H2,1-2H3. The number of nitrogens with zero attached hydrogens (tertiary/aromatic N) is 5. The molecule has 1 fully saturated rings. The Morgan fingerprint density at radius 1 is 1.06 bits per heavy atom. The van der Waals surface area contributed by atoms with Crippen molar-refractivity contribution < 1.29 is 13.3 Å². The van der Waals surface area contributed by atoms with Crippen LogP contribution >= 0.6 is 0 Å². The summed E-state index contributed by atoms with van der Waals surface area (Å²) in [5, 5.41) is 21.5. The van der Waals surface area contributed by atoms with Crippen LogP contribution in [0.1, 0.15) is 23.1 Å². The number of nitro benzene ring substituents is 1. The van der Waals surface area contributed by atoms with Crippen molar-refractivity contribution in [3.8, 4) is 6.07 Å². The molecule has 0 amide bonds. The number of sulfonamides is 1. The molecule has 0 atom stereocenters. The van der Waals surface area contributed by atoms with Crippen LogP contribution in [0.4, 0.5) is 11.5 Å². The van der Waals surface area contributed by atoms with Crippen LogP contribution in [0, 0.1) is 35.3 Å². The molecule has 1 aliphatic rings. The van der Waals surface area contributed by atoms with E-state index in [4.69, 9.17) is 4.98 Å². The van der Waals surface area contributed by atoms with Gasteiger partial charge in [0.05, 0.1) is 20.9 Å². The molecule has 9 nitrogen and oxygen atoms in total. The molecule has 0 N–H and O–H groups in total. The van der Waals surface area contributed by atoms with Crippen LogP contribution in [0.25, 0.3) is 10.9 Å². The Morgan fingerprint density at radius 2 is 1.79 bits per heavy atom. The van der Waals surface area contributed by atoms with Gasteiger partial charge in [-0.05, 0) is 49.6 Å². The lowest BCUT2D eigenvalue weighted by molar-refractivity contribution is -0.384. The average Bonchev–Trinajstić information content (AvgIpc) is 3.07. The van der Waals surface area contributed by atoms with Crippen LogP contribution in [0.5, 0.6) is 0 Å². The first kappa shape index (κ1) is 22.6. The van der Waals surface area contributed by atoms with Crippen LogP contribution in [-0.4, -0.2) is 48.8 Å². The van der Waals surface area contributed by atoms with Gasteiger partial charge in [0.2, 0.25) is 10.0 Å². The van der Waals surface area contributed by atoms with Crippen molar-refractivity contribution in [2.45, 2.75) is 25.2 Å². The van der Waals surface area contributed by atoms with Crippen LogP contribution in [0.3, 0.4) is 0 Å². The molecular formula is C23H23N5O4S. The molecule has 0 spiro atoms. The first-order valence-electron chi connectivity index (χ1n) is 10.5. The zero-order valence-corrected chi connectivity index (χ0v) is 19.2. The second-order valence-electron chi connectivity index (χ2n) is 8.05. The summed E-state index contributed by atoms with van der Waals surface area (Å²) in [7, 11) is -3.80. The molecule has 1 aliphatic heterocycles. The van der Waals surface area contributed by atoms with Gasteiger partial charge in [-0.25, -0.2) is 13.4 Å². The molecule has 0 saturated carbocycles. The smallest absolute Gasteiger partial charge is 0.269 e. The minimum atomic E-state index is -3.80. The summed E-state index contributed by atoms with van der Waals surface area (Å²) in [6.45, 7) is 5.48. The van der Waals surface area contributed by atoms with Gasteiger partial charge < -0.3 is 4.90 Å². The molecular weight excluding hydrogens is 442 g/mol. The van der Waals surface area contributed by atoms with E-state index in [0.717, 1.165) is 22.0 Å². The molecule has 1 aromatic heterocycles. The molecule has 0 unspecified atom stereocenters. The Labute approximate surface area is 192 Å². The number of rotatable bonds is 4. The predicted molar refractivity (Wildman–Crippen MR) is 125 cm³/mol. The van der Waals surface area contributed by atoms with Crippen molar-refractivity contribution in [1.29, 1.82) is 5.26 Å². The normalized spacial score (nSPS) is 15.2. The van der Waals surface area contributed by atoms with Gasteiger partial charge in [-0.3, -0.25) is 10.1 Å². The van der Waals surface area contributed by atoms with Gasteiger partial charge in [0.1, 0.15) is 11.9 Å². The minimum Gasteiger partial charge on any atom is -0.354 e. The Hall–Kier alpha value is -3.55. The number of aromatic nitrogens is 1. The third-order valence-corrected chi connectivity index (χ3v) is 7.96. The Morgan fingerprint density at radius 3 is 2.45 bits per heavy atom. The van der Waals surface area contributed by atoms with Gasteiger partial charge in [0, 0.05) is 43.7 Å². The van der Waals surface area contributed by atoms with Gasteiger partial charge in [0.25, 0.3) is 5.69 Å². The lowest BCUT2D eigenvalue weighted by Gasteiger charge is -2.24. The lowest BCUT2D eigenvalue weighted by atomic mass is 10.0. The summed E-state index contributed by atoms with van der Waals surface area (Å²) in [6, 6.07) is 12.9. The lowest BCUT2D eigenvalue weighted by Crippen LogP contribution is -2.35. The Kier molecular flexibility index (Phi) is 6.01. The Bertz CT molecular complexity index is 1380. The average molecular weight is 466 g/mol. The van der Waals surface area contributed by atoms with Gasteiger partial charge in [-0.15, -0.1) is 0 Å². The van der Waals surface area contributed by atoms with E-state index in [9.17, 15) is 23.8 Å². The van der Waals surface area contributed by atoms with E-state index in [1.807, 2.05) is 36.9 Å². The maximum absolute atomic E-state index is 13.1. The van der Waals surface area contributed by atoms with Crippen molar-refractivity contribution in [3.63, 3.8) is 0 Å². The van der Waals surface area contributed by atoms with E-state index in [0.29, 0.717) is 37.4 Å². The second-order valence-corrected chi connectivity index (χ2v) is 9.98. The van der Waals surface area contributed by atoms with Crippen molar-refractivity contribution in [3.05, 3.63) is 69.3 Å². The molecule has 170 valence electrons. The predicted octanol–water partition coefficient (Wildman–Crippen LogP) is 3.53. The zero-order valence-electron chi connectivity index (χ0n) is 18.4. The number of anilines is 1. The van der Waals surface area contributed by atoms with Crippen LogP contribution in [0.2, 0.25) is 0 Å². The molecule has 2 heterocycles. The fourth-order valence-corrected chi connectivity index (χ4v) is 5.50. The third-order valence-electron chi connectivity index (χ3n) is 6.05. The number of nitriles is 1. The summed E-state index contributed by atoms with van der Waals surface area (Å²) in [4.78, 5) is 17.1. The zero-order chi connectivity index (χ0) is 23.8. The first-order chi connectivity index (χ1) is 15.7. The van der Waals surface area contributed by atoms with Crippen molar-refractivity contribution in [1.82, 2.24) is 9.29 Å². The second kappa shape index (κ2) is 8.77. The van der Waals surface area contributed by atoms with Crippen molar-refractivity contribution in [2.24, 2.45) is 0 Å². The topological polar surface area (TPSA) is 120 Å². The molecule has 1 saturated heterocycles. The molecule has 3 aromatic rings. The van der Waals surface area contributed by atoms with Crippen LogP contribution < -0.4 is 4.90 Å². The summed E-state index contributed by atoms with van der Waals surface area (Å²) in [6.07, 6.45) is 0.559. The quantitative estimate of drug-likeness (QED) is 0.427. The number of pyridine rings is 1. The molecule has 0 bridgehead atoms. The maximum Gasteiger partial charge on any atom is 0.269 e. The fourth-order valence-electron chi connectivity index (χ4n) is 4.03. The third kappa shape index (κ3) is 4.25. The highest BCUT2D eigenvalue weighted by Crippen LogP contribution is 2.28. The molecule has 10 heteroatoms. The van der Waals surface area contributed by atoms with Crippen LogP contribution in [0.15, 0.2) is 47.4 Å². The number of hydrogen-bond acceptors (Lipinski definition) is 7. The van der Waals surface area contributed by atoms with Gasteiger partial charge >= 0.3 is 0 Å². The van der Waals surface area contributed by atoms with Gasteiger partial charge in [-0.1, -0.05) is 12.1 Å². The van der Waals surface area contributed by atoms with E-state index in [-0.39, 0.29) is 17.1 Å². The van der Waals surface area contributed by atoms with Crippen LogP contribution in [-0.2, 0) is 10.0 Å². The number of fused-ring (bicyclic) bond motifs is 1. The van der Waals surface area contributed by atoms with Gasteiger partial charge in [-0.2, -0.15) is 9.57 Å². The molecule has 0 aliphatic carbocycles. The van der Waals surface area contributed by atoms with E-state index >= 15 is 0 Å². The fraction of sp³-hybridized carbons (Fsp3) is 0.304. The molecule has 0 radical (unpaired) electrons.